The van der Waals surface area contributed by atoms with Gasteiger partial charge in [0.05, 0.1) is 18.1 Å². The summed E-state index contributed by atoms with van der Waals surface area (Å²) in [4.78, 5) is 25.4. The van der Waals surface area contributed by atoms with E-state index in [0.29, 0.717) is 6.54 Å². The van der Waals surface area contributed by atoms with Crippen LogP contribution in [-0.2, 0) is 23.8 Å². The Morgan fingerprint density at radius 3 is 2.45 bits per heavy atom. The molecule has 0 spiro atoms. The van der Waals surface area contributed by atoms with Crippen LogP contribution < -0.4 is 15.7 Å². The van der Waals surface area contributed by atoms with Crippen molar-refractivity contribution in [1.29, 1.82) is 0 Å². The smallest absolute Gasteiger partial charge is 0.329 e. The van der Waals surface area contributed by atoms with Crippen LogP contribution in [0.2, 0.25) is 0 Å². The van der Waals surface area contributed by atoms with E-state index in [2.05, 4.69) is 11.4 Å². The van der Waals surface area contributed by atoms with E-state index in [0.717, 1.165) is 48.0 Å². The van der Waals surface area contributed by atoms with Gasteiger partial charge in [0, 0.05) is 24.6 Å². The first kappa shape index (κ1) is 19.3. The lowest BCUT2D eigenvalue weighted by Crippen LogP contribution is -2.41. The number of hydrogen-bond acceptors (Lipinski definition) is 3. The fourth-order valence-corrected chi connectivity index (χ4v) is 4.66. The maximum atomic E-state index is 12.8. The molecular formula is C23H27N3O3. The van der Waals surface area contributed by atoms with E-state index in [4.69, 9.17) is 4.74 Å². The van der Waals surface area contributed by atoms with E-state index in [1.165, 1.54) is 4.57 Å². The molecular weight excluding hydrogens is 366 g/mol. The molecule has 1 amide bonds. The van der Waals surface area contributed by atoms with Crippen molar-refractivity contribution in [2.75, 3.05) is 13.7 Å². The molecule has 0 bridgehead atoms. The number of nitrogens with one attached hydrogen (secondary N) is 1. The van der Waals surface area contributed by atoms with Gasteiger partial charge < -0.3 is 10.1 Å². The molecule has 1 aliphatic rings. The first-order valence-corrected chi connectivity index (χ1v) is 10.1. The summed E-state index contributed by atoms with van der Waals surface area (Å²) in [5.41, 5.74) is 2.46. The van der Waals surface area contributed by atoms with Gasteiger partial charge in [-0.25, -0.2) is 4.79 Å². The van der Waals surface area contributed by atoms with Gasteiger partial charge in [-0.1, -0.05) is 43.2 Å². The van der Waals surface area contributed by atoms with Gasteiger partial charge in [-0.15, -0.1) is 0 Å². The molecule has 6 nitrogen and oxygen atoms in total. The number of carbonyl (C=O) groups is 1. The van der Waals surface area contributed by atoms with Crippen molar-refractivity contribution in [1.82, 2.24) is 14.5 Å². The van der Waals surface area contributed by atoms with Crippen molar-refractivity contribution in [3.05, 3.63) is 64.6 Å². The predicted molar refractivity (Wildman–Crippen MR) is 113 cm³/mol. The van der Waals surface area contributed by atoms with Gasteiger partial charge in [-0.3, -0.25) is 13.9 Å². The first-order chi connectivity index (χ1) is 14.1. The monoisotopic (exact) mass is 393 g/mol. The number of amides is 1. The second kappa shape index (κ2) is 7.78. The van der Waals surface area contributed by atoms with Crippen molar-refractivity contribution in [2.45, 2.75) is 37.6 Å². The summed E-state index contributed by atoms with van der Waals surface area (Å²) in [5.74, 6) is 0.721. The van der Waals surface area contributed by atoms with Gasteiger partial charge in [0.1, 0.15) is 12.3 Å². The van der Waals surface area contributed by atoms with E-state index < -0.39 is 0 Å². The van der Waals surface area contributed by atoms with Crippen LogP contribution in [0.4, 0.5) is 0 Å². The number of carbonyl (C=O) groups excluding carboxylic acids is 1. The van der Waals surface area contributed by atoms with Crippen molar-refractivity contribution in [3.8, 4) is 5.75 Å². The van der Waals surface area contributed by atoms with Gasteiger partial charge in [-0.2, -0.15) is 0 Å². The Morgan fingerprint density at radius 1 is 1.07 bits per heavy atom. The molecule has 3 aromatic rings. The fraction of sp³-hybridized carbons (Fsp3) is 0.391. The highest BCUT2D eigenvalue weighted by molar-refractivity contribution is 5.81. The highest BCUT2D eigenvalue weighted by Gasteiger charge is 2.38. The van der Waals surface area contributed by atoms with Crippen LogP contribution in [0, 0.1) is 0 Å². The molecule has 0 atom stereocenters. The van der Waals surface area contributed by atoms with Crippen LogP contribution in [0.25, 0.3) is 11.0 Å². The molecule has 1 heterocycles. The van der Waals surface area contributed by atoms with Gasteiger partial charge in [0.2, 0.25) is 5.91 Å². The number of methoxy groups -OCH3 is 1. The number of rotatable bonds is 6. The first-order valence-electron chi connectivity index (χ1n) is 10.1. The van der Waals surface area contributed by atoms with Crippen molar-refractivity contribution in [3.63, 3.8) is 0 Å². The normalized spacial score (nSPS) is 15.5. The standard InChI is InChI=1S/C23H27N3O3/c1-25-18-10-4-5-11-19(18)26(22(25)28)15-21(27)24-16-23(13-7-8-14-23)17-9-3-6-12-20(17)29-2/h3-6,9-12H,7-8,13-16H2,1-2H3,(H,24,27). The Balaban J connectivity index is 1.55. The molecule has 2 aromatic carbocycles. The molecule has 6 heteroatoms. The van der Waals surface area contributed by atoms with Crippen molar-refractivity contribution in [2.24, 2.45) is 7.05 Å². The fourth-order valence-electron chi connectivity index (χ4n) is 4.66. The van der Waals surface area contributed by atoms with E-state index >= 15 is 0 Å². The summed E-state index contributed by atoms with van der Waals surface area (Å²) >= 11 is 0. The highest BCUT2D eigenvalue weighted by atomic mass is 16.5. The number of ether oxygens (including phenoxy) is 1. The van der Waals surface area contributed by atoms with E-state index in [-0.39, 0.29) is 23.6 Å². The van der Waals surface area contributed by atoms with E-state index in [9.17, 15) is 9.59 Å². The Kier molecular flexibility index (Phi) is 5.18. The molecule has 0 unspecified atom stereocenters. The second-order valence-electron chi connectivity index (χ2n) is 7.88. The summed E-state index contributed by atoms with van der Waals surface area (Å²) < 4.78 is 8.71. The quantitative estimate of drug-likeness (QED) is 0.700. The van der Waals surface area contributed by atoms with E-state index in [1.807, 2.05) is 42.5 Å². The molecule has 152 valence electrons. The number of aromatic nitrogens is 2. The third-order valence-corrected chi connectivity index (χ3v) is 6.22. The molecule has 1 N–H and O–H groups in total. The van der Waals surface area contributed by atoms with Crippen LogP contribution in [-0.4, -0.2) is 28.7 Å². The van der Waals surface area contributed by atoms with Gasteiger partial charge in [0.15, 0.2) is 0 Å². The molecule has 1 aliphatic carbocycles. The third-order valence-electron chi connectivity index (χ3n) is 6.22. The number of imidazole rings is 1. The summed E-state index contributed by atoms with van der Waals surface area (Å²) in [6.07, 6.45) is 4.30. The second-order valence-corrected chi connectivity index (χ2v) is 7.88. The molecule has 1 saturated carbocycles. The lowest BCUT2D eigenvalue weighted by atomic mass is 9.78. The molecule has 0 radical (unpaired) electrons. The zero-order valence-corrected chi connectivity index (χ0v) is 17.0. The third kappa shape index (κ3) is 3.43. The van der Waals surface area contributed by atoms with Crippen LogP contribution in [0.15, 0.2) is 53.3 Å². The number of hydrogen-bond donors (Lipinski definition) is 1. The summed E-state index contributed by atoms with van der Waals surface area (Å²) in [7, 11) is 3.42. The van der Waals surface area contributed by atoms with Crippen molar-refractivity contribution >= 4 is 16.9 Å². The van der Waals surface area contributed by atoms with E-state index in [1.54, 1.807) is 18.7 Å². The molecule has 0 aliphatic heterocycles. The number of benzene rings is 2. The molecule has 0 saturated heterocycles. The number of fused-ring (bicyclic) bond motifs is 1. The average molecular weight is 393 g/mol. The Bertz CT molecular complexity index is 1090. The Hall–Kier alpha value is -3.02. The predicted octanol–water partition coefficient (Wildman–Crippen LogP) is 2.98. The minimum absolute atomic E-state index is 0.0161. The minimum Gasteiger partial charge on any atom is -0.496 e. The lowest BCUT2D eigenvalue weighted by molar-refractivity contribution is -0.121. The largest absolute Gasteiger partial charge is 0.496 e. The molecule has 1 aromatic heterocycles. The zero-order valence-electron chi connectivity index (χ0n) is 17.0. The summed E-state index contributed by atoms with van der Waals surface area (Å²) in [6.45, 7) is 0.563. The summed E-state index contributed by atoms with van der Waals surface area (Å²) in [6, 6.07) is 15.6. The van der Waals surface area contributed by atoms with Gasteiger partial charge in [0.25, 0.3) is 0 Å². The van der Waals surface area contributed by atoms with Crippen LogP contribution in [0.3, 0.4) is 0 Å². The number of para-hydroxylation sites is 3. The minimum atomic E-state index is -0.179. The van der Waals surface area contributed by atoms with Crippen LogP contribution >= 0.6 is 0 Å². The van der Waals surface area contributed by atoms with Gasteiger partial charge in [-0.05, 0) is 31.0 Å². The summed E-state index contributed by atoms with van der Waals surface area (Å²) in [5, 5.41) is 3.10. The molecule has 1 fully saturated rings. The number of aryl methyl sites for hydroxylation is 1. The number of nitrogens with zero attached hydrogens (tertiary/aromatic N) is 2. The van der Waals surface area contributed by atoms with Crippen LogP contribution in [0.5, 0.6) is 5.75 Å². The molecule has 4 rings (SSSR count). The maximum absolute atomic E-state index is 12.8. The molecule has 29 heavy (non-hydrogen) atoms. The average Bonchev–Trinajstić information content (AvgIpc) is 3.33. The van der Waals surface area contributed by atoms with Crippen LogP contribution in [0.1, 0.15) is 31.2 Å². The lowest BCUT2D eigenvalue weighted by Gasteiger charge is -2.31. The SMILES string of the molecule is COc1ccccc1C1(CNC(=O)Cn2c(=O)n(C)c3ccccc32)CCCC1. The van der Waals surface area contributed by atoms with Crippen molar-refractivity contribution < 1.29 is 9.53 Å². The topological polar surface area (TPSA) is 65.3 Å². The maximum Gasteiger partial charge on any atom is 0.329 e. The Labute approximate surface area is 170 Å². The van der Waals surface area contributed by atoms with Gasteiger partial charge >= 0.3 is 5.69 Å². The zero-order chi connectivity index (χ0) is 20.4. The Morgan fingerprint density at radius 2 is 1.72 bits per heavy atom. The highest BCUT2D eigenvalue weighted by Crippen LogP contribution is 2.44.